The molecule has 4 aromatic heterocycles. The number of nitrogens with zero attached hydrogens (tertiary/aromatic N) is 15. The highest BCUT2D eigenvalue weighted by atomic mass is 79.9. The summed E-state index contributed by atoms with van der Waals surface area (Å²) in [4.78, 5) is 9.02. The molecule has 23 nitrogen and oxygen atoms in total. The zero-order valence-corrected chi connectivity index (χ0v) is 57.9. The largest absolute Gasteiger partial charge is 0.494 e. The summed E-state index contributed by atoms with van der Waals surface area (Å²) >= 11 is 3.56. The normalized spacial score (nSPS) is 17.2. The molecule has 0 bridgehead atoms. The molecule has 28 heteroatoms. The van der Waals surface area contributed by atoms with Gasteiger partial charge < -0.3 is 24.0 Å². The van der Waals surface area contributed by atoms with Gasteiger partial charge in [-0.25, -0.2) is 25.3 Å². The molecule has 0 saturated carbocycles. The number of halogens is 1. The van der Waals surface area contributed by atoms with Crippen LogP contribution in [0.4, 0.5) is 34.1 Å². The minimum Gasteiger partial charge on any atom is -0.399 e. The fourth-order valence-electron chi connectivity index (χ4n) is 12.0. The number of benzene rings is 6. The molecule has 2 unspecified atom stereocenters. The minimum absolute atomic E-state index is 0.0819. The molecule has 8 heterocycles. The van der Waals surface area contributed by atoms with Crippen LogP contribution in [0.3, 0.4) is 0 Å². The van der Waals surface area contributed by atoms with Crippen LogP contribution in [0.1, 0.15) is 88.3 Å². The number of hydrogen-bond acceptors (Lipinski definition) is 19. The van der Waals surface area contributed by atoms with E-state index in [2.05, 4.69) is 129 Å². The maximum Gasteiger partial charge on any atom is 0.494 e. The molecule has 6 aromatic carbocycles. The topological polar surface area (TPSA) is 253 Å². The monoisotopic (exact) mass is 1380 g/mol. The Balaban J connectivity index is 0.000000136. The van der Waals surface area contributed by atoms with Crippen molar-refractivity contribution in [3.8, 4) is 28.3 Å². The van der Waals surface area contributed by atoms with Gasteiger partial charge in [-0.05, 0) is 169 Å². The zero-order chi connectivity index (χ0) is 66.4. The Hall–Kier alpha value is -8.41. The summed E-state index contributed by atoms with van der Waals surface area (Å²) in [7, 11) is -8.47. The Kier molecular flexibility index (Phi) is 16.8. The van der Waals surface area contributed by atoms with E-state index in [1.165, 1.54) is 23.6 Å². The van der Waals surface area contributed by atoms with Gasteiger partial charge in [0.05, 0.1) is 66.2 Å². The summed E-state index contributed by atoms with van der Waals surface area (Å²) < 4.78 is 91.2. The zero-order valence-electron chi connectivity index (χ0n) is 53.8. The molecule has 4 aliphatic heterocycles. The third-order valence-corrected chi connectivity index (χ3v) is 21.5. The number of anilines is 6. The molecule has 0 radical (unpaired) electrons. The van der Waals surface area contributed by atoms with Gasteiger partial charge in [0.2, 0.25) is 0 Å². The van der Waals surface area contributed by atoms with E-state index in [9.17, 15) is 25.3 Å². The van der Waals surface area contributed by atoms with Gasteiger partial charge >= 0.3 is 7.12 Å². The number of aryl methyl sites for hydroxylation is 4. The summed E-state index contributed by atoms with van der Waals surface area (Å²) in [6.07, 6.45) is 6.13. The van der Waals surface area contributed by atoms with Crippen LogP contribution in [0.2, 0.25) is 0 Å². The molecule has 0 amide bonds. The fourth-order valence-corrected chi connectivity index (χ4v) is 14.3. The number of hydrogen-bond donors (Lipinski definition) is 0. The molecule has 482 valence electrons. The van der Waals surface area contributed by atoms with E-state index in [1.54, 1.807) is 49.6 Å². The van der Waals surface area contributed by atoms with Gasteiger partial charge in [0, 0.05) is 90.8 Å². The van der Waals surface area contributed by atoms with Crippen molar-refractivity contribution >= 4 is 92.1 Å². The minimum atomic E-state index is -3.28. The van der Waals surface area contributed by atoms with Crippen molar-refractivity contribution in [3.05, 3.63) is 173 Å². The molecule has 1 fully saturated rings. The van der Waals surface area contributed by atoms with Gasteiger partial charge in [-0.1, -0.05) is 41.9 Å². The lowest BCUT2D eigenvalue weighted by Crippen LogP contribution is -2.41. The van der Waals surface area contributed by atoms with Gasteiger partial charge in [-0.2, -0.15) is 15.0 Å². The van der Waals surface area contributed by atoms with Crippen molar-refractivity contribution in [1.82, 2.24) is 59.3 Å². The Morgan fingerprint density at radius 3 is 1.40 bits per heavy atom. The first-order valence-electron chi connectivity index (χ1n) is 30.1. The maximum absolute atomic E-state index is 12.0. The predicted octanol–water partition coefficient (Wildman–Crippen LogP) is 10.00. The molecular formula is C65H71BBrN15O8S3. The van der Waals surface area contributed by atoms with Gasteiger partial charge in [0.1, 0.15) is 40.6 Å². The highest BCUT2D eigenvalue weighted by Gasteiger charge is 2.52. The van der Waals surface area contributed by atoms with Crippen LogP contribution in [0.15, 0.2) is 153 Å². The van der Waals surface area contributed by atoms with E-state index in [0.29, 0.717) is 27.8 Å². The fraction of sp³-hybridized carbons (Fsp3) is 0.323. The van der Waals surface area contributed by atoms with Crippen LogP contribution >= 0.6 is 15.9 Å². The van der Waals surface area contributed by atoms with E-state index in [-0.39, 0.29) is 11.8 Å². The van der Waals surface area contributed by atoms with E-state index in [0.717, 1.165) is 120 Å². The smallest absolute Gasteiger partial charge is 0.399 e. The summed E-state index contributed by atoms with van der Waals surface area (Å²) in [5, 5.41) is 34.7. The van der Waals surface area contributed by atoms with Crippen molar-refractivity contribution in [1.29, 1.82) is 0 Å². The van der Waals surface area contributed by atoms with E-state index >= 15 is 0 Å². The van der Waals surface area contributed by atoms with Crippen molar-refractivity contribution in [3.63, 3.8) is 0 Å². The molecule has 93 heavy (non-hydrogen) atoms. The molecule has 4 aliphatic rings. The van der Waals surface area contributed by atoms with Gasteiger partial charge in [-0.15, -0.1) is 30.6 Å². The van der Waals surface area contributed by atoms with E-state index in [4.69, 9.17) is 9.31 Å². The number of fused-ring (bicyclic) bond motifs is 9. The average molecular weight is 1380 g/mol. The van der Waals surface area contributed by atoms with Crippen LogP contribution in [-0.2, 0) is 52.3 Å². The highest BCUT2D eigenvalue weighted by Crippen LogP contribution is 2.44. The number of rotatable bonds is 8. The standard InChI is InChI=1S/C25H31BN4O4S.C22H23N7O2S.C18H17BrN4O2S/c1-16-15-29(19-9-11-20(12-10-19)35(7,31)32)22-14-18(26-33-24(3,4)25(5,6)34-26)8-13-21(22)30-17(2)27-28-23(16)30;1-14-13-28(17-6-8-18(9-7-17)32(4,30)31)21-11-16(19-12-23-27(3)26-19)5-10-20(21)29-15(2)24-25-22(14)29;1-12-20-21-18-9-10-22(14-4-6-15(7-5-14)26(2,24)25)17-11-13(19)3-8-16(17)23(12)18/h8-14,16H,15H2,1-7H3;5-12,14H,13H2,1-4H3;3-8,11H,9-10H2,1-2H3. The van der Waals surface area contributed by atoms with Gasteiger partial charge in [0.25, 0.3) is 0 Å². The van der Waals surface area contributed by atoms with Crippen molar-refractivity contribution in [2.45, 2.75) is 106 Å². The average Bonchev–Trinajstić information content (AvgIpc) is 1.65. The Morgan fingerprint density at radius 2 is 0.925 bits per heavy atom. The molecule has 0 spiro atoms. The first-order chi connectivity index (χ1) is 43.8. The van der Waals surface area contributed by atoms with E-state index in [1.807, 2.05) is 109 Å². The number of sulfone groups is 3. The lowest BCUT2D eigenvalue weighted by Gasteiger charge is -2.32. The van der Waals surface area contributed by atoms with Crippen LogP contribution < -0.4 is 20.2 Å². The third kappa shape index (κ3) is 12.5. The van der Waals surface area contributed by atoms with Crippen LogP contribution in [0.25, 0.3) is 28.3 Å². The van der Waals surface area contributed by atoms with Crippen molar-refractivity contribution < 1.29 is 34.6 Å². The summed E-state index contributed by atoms with van der Waals surface area (Å²) in [5.41, 5.74) is 10.4. The Morgan fingerprint density at radius 1 is 0.505 bits per heavy atom. The lowest BCUT2D eigenvalue weighted by molar-refractivity contribution is 0.00578. The lowest BCUT2D eigenvalue weighted by atomic mass is 9.78. The molecule has 10 aromatic rings. The predicted molar refractivity (Wildman–Crippen MR) is 362 cm³/mol. The van der Waals surface area contributed by atoms with Crippen LogP contribution in [-0.4, -0.2) is 141 Å². The number of aromatic nitrogens is 12. The van der Waals surface area contributed by atoms with Crippen LogP contribution in [0, 0.1) is 20.8 Å². The molecule has 0 N–H and O–H groups in total. The van der Waals surface area contributed by atoms with Gasteiger partial charge in [0.15, 0.2) is 29.5 Å². The molecule has 14 rings (SSSR count). The van der Waals surface area contributed by atoms with Crippen LogP contribution in [0.5, 0.6) is 0 Å². The summed E-state index contributed by atoms with van der Waals surface area (Å²) in [6, 6.07) is 39.5. The molecule has 0 aliphatic carbocycles. The Bertz CT molecular complexity index is 4870. The SMILES string of the molecule is Cc1nnc2n1-c1ccc(-c3cnn(C)n3)cc1N(c1ccc(S(C)(=O)=O)cc1)CC2C.Cc1nnc2n1-c1ccc(B3OC(C)(C)C(C)(C)O3)cc1N(c1ccc(S(C)(=O)=O)cc1)CC2C.Cc1nnc2n1-c1ccc(Br)cc1N(c1ccc(S(C)(=O)=O)cc1)CC2. The maximum atomic E-state index is 12.0. The Labute approximate surface area is 550 Å². The molecule has 1 saturated heterocycles. The van der Waals surface area contributed by atoms with Crippen molar-refractivity contribution in [2.24, 2.45) is 7.05 Å². The molecular weight excluding hydrogens is 1310 g/mol. The second-order valence-corrected chi connectivity index (χ2v) is 32.0. The second-order valence-electron chi connectivity index (χ2n) is 25.0. The molecule has 2 atom stereocenters. The summed E-state index contributed by atoms with van der Waals surface area (Å²) in [6.45, 7) is 20.3. The third-order valence-electron chi connectivity index (χ3n) is 17.6. The van der Waals surface area contributed by atoms with E-state index < -0.39 is 47.8 Å². The highest BCUT2D eigenvalue weighted by molar-refractivity contribution is 9.10. The van der Waals surface area contributed by atoms with Crippen molar-refractivity contribution in [2.75, 3.05) is 53.1 Å². The van der Waals surface area contributed by atoms with Gasteiger partial charge in [-0.3, -0.25) is 13.7 Å². The first kappa shape index (κ1) is 64.7. The quantitative estimate of drug-likeness (QED) is 0.128. The summed E-state index contributed by atoms with van der Waals surface area (Å²) in [5.74, 6) is 5.35. The second kappa shape index (κ2) is 24.2. The first-order valence-corrected chi connectivity index (χ1v) is 36.6.